The van der Waals surface area contributed by atoms with Crippen LogP contribution in [0.5, 0.6) is 0 Å². The van der Waals surface area contributed by atoms with Crippen molar-refractivity contribution in [1.29, 1.82) is 0 Å². The van der Waals surface area contributed by atoms with E-state index in [0.717, 1.165) is 0 Å². The molecule has 0 bridgehead atoms. The van der Waals surface area contributed by atoms with Crippen LogP contribution in [0.1, 0.15) is 19.7 Å². The van der Waals surface area contributed by atoms with Crippen molar-refractivity contribution in [1.82, 2.24) is 9.97 Å². The van der Waals surface area contributed by atoms with Gasteiger partial charge in [0.15, 0.2) is 5.82 Å². The van der Waals surface area contributed by atoms with Gasteiger partial charge in [-0.3, -0.25) is 0 Å². The molecule has 6 heteroatoms. The van der Waals surface area contributed by atoms with Gasteiger partial charge >= 0.3 is 26.8 Å². The number of halogens is 1. The molecule has 0 saturated heterocycles. The minimum atomic E-state index is -1.02. The van der Waals surface area contributed by atoms with Crippen LogP contribution in [0.4, 0.5) is 5.82 Å². The first-order valence-electron chi connectivity index (χ1n) is 4.02. The molecule has 0 unspecified atom stereocenters. The predicted molar refractivity (Wildman–Crippen MR) is 53.3 cm³/mol. The fraction of sp³-hybridized carbons (Fsp3) is 0.500. The van der Waals surface area contributed by atoms with Crippen LogP contribution in [-0.2, 0) is 5.60 Å². The summed E-state index contributed by atoms with van der Waals surface area (Å²) in [5, 5.41) is 11.5. The van der Waals surface area contributed by atoms with E-state index < -0.39 is 5.60 Å². The second kappa shape index (κ2) is 7.39. The number of nitrogens with zero attached hydrogens (tertiary/aromatic N) is 2. The Balaban J connectivity index is 0. The van der Waals surface area contributed by atoms with Crippen molar-refractivity contribution in [2.45, 2.75) is 24.5 Å². The number of nitrogens with two attached hydrogens (primary N) is 1. The van der Waals surface area contributed by atoms with Crippen LogP contribution in [0.15, 0.2) is 12.3 Å². The average molecular weight is 272 g/mol. The second-order valence-electron chi connectivity index (χ2n) is 2.86. The Hall–Kier alpha value is 0.0862. The number of rotatable bonds is 1. The van der Waals surface area contributed by atoms with Gasteiger partial charge in [-0.1, -0.05) is 0 Å². The van der Waals surface area contributed by atoms with Crippen molar-refractivity contribution in [2.24, 2.45) is 0 Å². The van der Waals surface area contributed by atoms with E-state index in [0.29, 0.717) is 11.6 Å². The quantitative estimate of drug-likeness (QED) is 0.554. The van der Waals surface area contributed by atoms with E-state index in [4.69, 9.17) is 5.73 Å². The van der Waals surface area contributed by atoms with E-state index in [-0.39, 0.29) is 17.0 Å². The molecule has 1 aromatic heterocycles. The second-order valence-corrected chi connectivity index (χ2v) is 2.86. The Bertz CT molecular complexity index is 265. The molecular weight excluding hydrogens is 258 g/mol. The van der Waals surface area contributed by atoms with Crippen molar-refractivity contribution in [3.05, 3.63) is 18.1 Å². The molecule has 1 aromatic rings. The summed E-state index contributed by atoms with van der Waals surface area (Å²) in [5.74, 6) is 0.717. The van der Waals surface area contributed by atoms with Crippen molar-refractivity contribution >= 4 is 27.5 Å². The summed E-state index contributed by atoms with van der Waals surface area (Å²) in [6.45, 7) is 3.23. The van der Waals surface area contributed by atoms with Crippen molar-refractivity contribution < 1.29 is 22.1 Å². The van der Waals surface area contributed by atoms with Gasteiger partial charge in [-0.15, -0.1) is 0 Å². The van der Waals surface area contributed by atoms with E-state index in [1.54, 1.807) is 19.9 Å². The van der Waals surface area contributed by atoms with Crippen LogP contribution in [0, 0.1) is 0 Å². The fourth-order valence-electron chi connectivity index (χ4n) is 0.667. The number of aliphatic hydroxyl groups is 1. The van der Waals surface area contributed by atoms with Gasteiger partial charge < -0.3 is 27.8 Å². The number of nitrogen functional groups attached to an aromatic ring is 1. The zero-order valence-electron chi connectivity index (χ0n) is 8.66. The van der Waals surface area contributed by atoms with Gasteiger partial charge in [0, 0.05) is 6.20 Å². The third-order valence-corrected chi connectivity index (χ3v) is 1.22. The maximum absolute atomic E-state index is 9.43. The molecule has 0 aliphatic heterocycles. The van der Waals surface area contributed by atoms with E-state index in [9.17, 15) is 5.11 Å². The molecule has 0 atom stereocenters. The zero-order valence-corrected chi connectivity index (χ0v) is 11.7. The first kappa shape index (κ1) is 16.5. The molecule has 4 nitrogen and oxygen atoms in total. The van der Waals surface area contributed by atoms with Gasteiger partial charge in [-0.25, -0.2) is 9.97 Å². The van der Waals surface area contributed by atoms with E-state index in [2.05, 4.69) is 9.97 Å². The third-order valence-electron chi connectivity index (χ3n) is 1.22. The first-order chi connectivity index (χ1) is 6.00. The number of anilines is 1. The molecule has 14 heavy (non-hydrogen) atoms. The molecule has 1 heterocycles. The topological polar surface area (TPSA) is 72.0 Å². The standard InChI is InChI=1S/C7H11N3O.CH3.BrH.Mg/c1-7(2,11)6-9-4-3-5(8)10-6;;;/h3-4,11H,1-2H3,(H2,8,9,10);1H3;1H;/q;;;+1/p-1. The molecule has 76 valence electrons. The van der Waals surface area contributed by atoms with Gasteiger partial charge in [0.1, 0.15) is 11.4 Å². The molecule has 0 saturated carbocycles. The SMILES string of the molecule is CC(C)(O)c1nccc(N)n1.[Br-].[CH3][Mg+]. The molecule has 0 spiro atoms. The summed E-state index contributed by atoms with van der Waals surface area (Å²) in [6, 6.07) is 1.58. The zero-order chi connectivity index (χ0) is 10.5. The van der Waals surface area contributed by atoms with Crippen LogP contribution in [0.25, 0.3) is 0 Å². The van der Waals surface area contributed by atoms with Crippen molar-refractivity contribution in [3.63, 3.8) is 0 Å². The maximum atomic E-state index is 9.43. The summed E-state index contributed by atoms with van der Waals surface area (Å²) in [6.07, 6.45) is 1.52. The van der Waals surface area contributed by atoms with Gasteiger partial charge in [-0.2, -0.15) is 0 Å². The van der Waals surface area contributed by atoms with Crippen molar-refractivity contribution in [3.8, 4) is 0 Å². The van der Waals surface area contributed by atoms with Crippen LogP contribution in [-0.4, -0.2) is 36.8 Å². The van der Waals surface area contributed by atoms with Gasteiger partial charge in [-0.05, 0) is 19.9 Å². The van der Waals surface area contributed by atoms with Gasteiger partial charge in [0.25, 0.3) is 0 Å². The summed E-state index contributed by atoms with van der Waals surface area (Å²) in [5.41, 5.74) is 4.37. The van der Waals surface area contributed by atoms with E-state index in [1.807, 2.05) is 26.8 Å². The molecule has 0 amide bonds. The van der Waals surface area contributed by atoms with E-state index in [1.165, 1.54) is 6.20 Å². The van der Waals surface area contributed by atoms with Crippen LogP contribution in [0.3, 0.4) is 0 Å². The Morgan fingerprint density at radius 2 is 1.93 bits per heavy atom. The molecule has 0 aliphatic carbocycles. The van der Waals surface area contributed by atoms with Crippen LogP contribution < -0.4 is 22.7 Å². The van der Waals surface area contributed by atoms with Crippen LogP contribution in [0.2, 0.25) is 5.05 Å². The summed E-state index contributed by atoms with van der Waals surface area (Å²) in [7, 11) is 0. The normalized spacial score (nSPS) is 9.57. The first-order valence-corrected chi connectivity index (χ1v) is 5.43. The predicted octanol–water partition coefficient (Wildman–Crippen LogP) is -2.51. The minimum absolute atomic E-state index is 0. The average Bonchev–Trinajstić information content (AvgIpc) is 2.06. The molecule has 0 radical (unpaired) electrons. The number of hydrogen-bond acceptors (Lipinski definition) is 4. The van der Waals surface area contributed by atoms with Gasteiger partial charge in [0.05, 0.1) is 0 Å². The Morgan fingerprint density at radius 3 is 2.21 bits per heavy atom. The third kappa shape index (κ3) is 5.74. The Morgan fingerprint density at radius 1 is 1.43 bits per heavy atom. The van der Waals surface area contributed by atoms with Gasteiger partial charge in [0.2, 0.25) is 0 Å². The summed E-state index contributed by atoms with van der Waals surface area (Å²) >= 11 is 1.86. The molecular formula is C8H14BrMgN3O. The van der Waals surface area contributed by atoms with Crippen molar-refractivity contribution in [2.75, 3.05) is 5.73 Å². The number of aromatic nitrogens is 2. The fourth-order valence-corrected chi connectivity index (χ4v) is 0.667. The van der Waals surface area contributed by atoms with Crippen LogP contribution >= 0.6 is 0 Å². The number of hydrogen-bond donors (Lipinski definition) is 2. The summed E-state index contributed by atoms with van der Waals surface area (Å²) < 4.78 is 0. The molecule has 0 fully saturated rings. The Labute approximate surface area is 108 Å². The van der Waals surface area contributed by atoms with E-state index >= 15 is 0 Å². The molecule has 3 N–H and O–H groups in total. The summed E-state index contributed by atoms with van der Waals surface area (Å²) in [4.78, 5) is 7.73. The monoisotopic (exact) mass is 271 g/mol. The molecule has 0 aliphatic rings. The Kier molecular flexibility index (Phi) is 8.71. The molecule has 0 aromatic carbocycles. The molecule has 1 rings (SSSR count).